The van der Waals surface area contributed by atoms with Crippen molar-refractivity contribution < 1.29 is 5.11 Å². The molecule has 0 spiro atoms. The molecule has 2 aromatic rings. The Labute approximate surface area is 98.0 Å². The molecule has 2 heterocycles. The van der Waals surface area contributed by atoms with Gasteiger partial charge in [0.15, 0.2) is 0 Å². The zero-order valence-electron chi connectivity index (χ0n) is 8.81. The predicted molar refractivity (Wildman–Crippen MR) is 66.5 cm³/mol. The van der Waals surface area contributed by atoms with Gasteiger partial charge in [0.25, 0.3) is 0 Å². The second-order valence-electron chi connectivity index (χ2n) is 3.88. The van der Waals surface area contributed by atoms with E-state index in [0.717, 1.165) is 9.75 Å². The summed E-state index contributed by atoms with van der Waals surface area (Å²) in [6, 6.07) is 7.98. The van der Waals surface area contributed by atoms with E-state index in [4.69, 9.17) is 0 Å². The van der Waals surface area contributed by atoms with Crippen LogP contribution < -0.4 is 0 Å². The van der Waals surface area contributed by atoms with Gasteiger partial charge in [-0.3, -0.25) is 0 Å². The summed E-state index contributed by atoms with van der Waals surface area (Å²) in [5, 5.41) is 14.9. The van der Waals surface area contributed by atoms with Gasteiger partial charge in [-0.2, -0.15) is 0 Å². The average molecular weight is 238 g/mol. The Kier molecular flexibility index (Phi) is 2.96. The molecular formula is C12H14OS2. The lowest BCUT2D eigenvalue weighted by Crippen LogP contribution is -2.31. The van der Waals surface area contributed by atoms with Crippen LogP contribution in [-0.4, -0.2) is 5.11 Å². The van der Waals surface area contributed by atoms with Crippen molar-refractivity contribution in [3.05, 3.63) is 44.8 Å². The number of hydrogen-bond donors (Lipinski definition) is 1. The molecule has 0 aromatic carbocycles. The van der Waals surface area contributed by atoms with E-state index in [9.17, 15) is 5.11 Å². The fourth-order valence-electron chi connectivity index (χ4n) is 1.68. The molecule has 80 valence electrons. The summed E-state index contributed by atoms with van der Waals surface area (Å²) in [5.41, 5.74) is -0.817. The maximum absolute atomic E-state index is 10.8. The monoisotopic (exact) mass is 238 g/mol. The molecule has 0 saturated heterocycles. The van der Waals surface area contributed by atoms with Crippen molar-refractivity contribution in [1.29, 1.82) is 0 Å². The van der Waals surface area contributed by atoms with Crippen LogP contribution in [0, 0.1) is 5.92 Å². The molecule has 1 nitrogen and oxygen atoms in total. The highest BCUT2D eigenvalue weighted by atomic mass is 32.1. The molecule has 15 heavy (non-hydrogen) atoms. The van der Waals surface area contributed by atoms with Crippen LogP contribution in [0.3, 0.4) is 0 Å². The predicted octanol–water partition coefficient (Wildman–Crippen LogP) is 3.70. The van der Waals surface area contributed by atoms with Crippen LogP contribution in [0.4, 0.5) is 0 Å². The lowest BCUT2D eigenvalue weighted by atomic mass is 9.87. The van der Waals surface area contributed by atoms with Gasteiger partial charge in [-0.1, -0.05) is 26.0 Å². The van der Waals surface area contributed by atoms with Crippen molar-refractivity contribution in [1.82, 2.24) is 0 Å². The number of thiophene rings is 2. The highest BCUT2D eigenvalue weighted by Crippen LogP contribution is 2.40. The Morgan fingerprint density at radius 1 is 1.07 bits per heavy atom. The normalized spacial score (nSPS) is 12.3. The maximum atomic E-state index is 10.8. The minimum absolute atomic E-state index is 0.176. The van der Waals surface area contributed by atoms with E-state index in [-0.39, 0.29) is 5.92 Å². The van der Waals surface area contributed by atoms with E-state index >= 15 is 0 Å². The van der Waals surface area contributed by atoms with Crippen molar-refractivity contribution in [3.63, 3.8) is 0 Å². The molecule has 0 atom stereocenters. The molecule has 1 N–H and O–H groups in total. The van der Waals surface area contributed by atoms with Gasteiger partial charge in [0, 0.05) is 9.75 Å². The highest BCUT2D eigenvalue weighted by Gasteiger charge is 2.36. The van der Waals surface area contributed by atoms with Crippen molar-refractivity contribution in [3.8, 4) is 0 Å². The molecule has 2 rings (SSSR count). The minimum Gasteiger partial charge on any atom is -0.378 e. The Morgan fingerprint density at radius 3 is 1.80 bits per heavy atom. The van der Waals surface area contributed by atoms with Gasteiger partial charge < -0.3 is 5.11 Å². The summed E-state index contributed by atoms with van der Waals surface area (Å²) < 4.78 is 0. The molecule has 0 aliphatic carbocycles. The molecule has 0 unspecified atom stereocenters. The van der Waals surface area contributed by atoms with Crippen LogP contribution in [0.15, 0.2) is 35.0 Å². The van der Waals surface area contributed by atoms with E-state index in [1.54, 1.807) is 22.7 Å². The van der Waals surface area contributed by atoms with Crippen LogP contribution in [0.1, 0.15) is 23.6 Å². The SMILES string of the molecule is CC(C)C(O)(c1cccs1)c1cccs1. The van der Waals surface area contributed by atoms with Gasteiger partial charge in [0.2, 0.25) is 0 Å². The summed E-state index contributed by atoms with van der Waals surface area (Å²) in [5.74, 6) is 0.176. The zero-order valence-corrected chi connectivity index (χ0v) is 10.4. The van der Waals surface area contributed by atoms with E-state index in [1.807, 2.05) is 35.0 Å². The van der Waals surface area contributed by atoms with E-state index in [0.29, 0.717) is 0 Å². The molecule has 0 amide bonds. The lowest BCUT2D eigenvalue weighted by Gasteiger charge is -2.30. The second kappa shape index (κ2) is 4.08. The van der Waals surface area contributed by atoms with Crippen LogP contribution in [0.25, 0.3) is 0 Å². The molecule has 0 fully saturated rings. The van der Waals surface area contributed by atoms with Gasteiger partial charge in [0.05, 0.1) is 0 Å². The van der Waals surface area contributed by atoms with Crippen molar-refractivity contribution in [2.24, 2.45) is 5.92 Å². The number of aliphatic hydroxyl groups is 1. The Balaban J connectivity index is 2.51. The molecule has 2 aromatic heterocycles. The average Bonchev–Trinajstić information content (AvgIpc) is 2.89. The first-order valence-electron chi connectivity index (χ1n) is 4.96. The van der Waals surface area contributed by atoms with Crippen LogP contribution >= 0.6 is 22.7 Å². The highest BCUT2D eigenvalue weighted by molar-refractivity contribution is 7.11. The summed E-state index contributed by atoms with van der Waals surface area (Å²) in [6.45, 7) is 4.11. The molecule has 0 aliphatic rings. The van der Waals surface area contributed by atoms with Gasteiger partial charge in [-0.25, -0.2) is 0 Å². The number of rotatable bonds is 3. The first kappa shape index (κ1) is 10.9. The first-order chi connectivity index (χ1) is 7.15. The van der Waals surface area contributed by atoms with Gasteiger partial charge in [-0.05, 0) is 28.8 Å². The molecule has 0 bridgehead atoms. The van der Waals surface area contributed by atoms with Gasteiger partial charge >= 0.3 is 0 Å². The summed E-state index contributed by atoms with van der Waals surface area (Å²) >= 11 is 3.23. The molecule has 0 saturated carbocycles. The van der Waals surface area contributed by atoms with Gasteiger partial charge in [0.1, 0.15) is 5.60 Å². The van der Waals surface area contributed by atoms with E-state index < -0.39 is 5.60 Å². The Morgan fingerprint density at radius 2 is 1.53 bits per heavy atom. The fourth-order valence-corrected chi connectivity index (χ4v) is 3.72. The molecular weight excluding hydrogens is 224 g/mol. The van der Waals surface area contributed by atoms with E-state index in [1.165, 1.54) is 0 Å². The third-order valence-corrected chi connectivity index (χ3v) is 4.62. The molecule has 3 heteroatoms. The fraction of sp³-hybridized carbons (Fsp3) is 0.333. The smallest absolute Gasteiger partial charge is 0.135 e. The summed E-state index contributed by atoms with van der Waals surface area (Å²) in [7, 11) is 0. The quantitative estimate of drug-likeness (QED) is 0.864. The van der Waals surface area contributed by atoms with Crippen molar-refractivity contribution in [2.75, 3.05) is 0 Å². The number of hydrogen-bond acceptors (Lipinski definition) is 3. The van der Waals surface area contributed by atoms with Crippen LogP contribution in [-0.2, 0) is 5.60 Å². The second-order valence-corrected chi connectivity index (χ2v) is 5.77. The summed E-state index contributed by atoms with van der Waals surface area (Å²) in [6.07, 6.45) is 0. The standard InChI is InChI=1S/C12H14OS2/c1-9(2)12(13,10-5-3-7-14-10)11-6-4-8-15-11/h3-9,13H,1-2H3. The molecule has 0 aliphatic heterocycles. The van der Waals surface area contributed by atoms with Crippen LogP contribution in [0.5, 0.6) is 0 Å². The zero-order chi connectivity index (χ0) is 10.9. The molecule has 0 radical (unpaired) electrons. The largest absolute Gasteiger partial charge is 0.378 e. The topological polar surface area (TPSA) is 20.2 Å². The minimum atomic E-state index is -0.817. The van der Waals surface area contributed by atoms with Gasteiger partial charge in [-0.15, -0.1) is 22.7 Å². The van der Waals surface area contributed by atoms with Crippen LogP contribution in [0.2, 0.25) is 0 Å². The third kappa shape index (κ3) is 1.75. The lowest BCUT2D eigenvalue weighted by molar-refractivity contribution is 0.0390. The van der Waals surface area contributed by atoms with E-state index in [2.05, 4.69) is 13.8 Å². The Bertz CT molecular complexity index is 367. The summed E-state index contributed by atoms with van der Waals surface area (Å²) in [4.78, 5) is 2.06. The van der Waals surface area contributed by atoms with Crippen molar-refractivity contribution >= 4 is 22.7 Å². The Hall–Kier alpha value is -0.640. The third-order valence-electron chi connectivity index (χ3n) is 2.63. The first-order valence-corrected chi connectivity index (χ1v) is 6.72. The maximum Gasteiger partial charge on any atom is 0.135 e. The van der Waals surface area contributed by atoms with Crippen molar-refractivity contribution in [2.45, 2.75) is 19.4 Å².